The molecule has 0 aliphatic heterocycles. The Balaban J connectivity index is 1.74. The van der Waals surface area contributed by atoms with Crippen molar-refractivity contribution >= 4 is 5.97 Å². The third kappa shape index (κ3) is 7.79. The molecule has 0 spiro atoms. The van der Waals surface area contributed by atoms with Crippen molar-refractivity contribution in [2.45, 2.75) is 77.7 Å². The van der Waals surface area contributed by atoms with E-state index in [9.17, 15) is 9.90 Å². The maximum Gasteiger partial charge on any atom is 0.303 e. The summed E-state index contributed by atoms with van der Waals surface area (Å²) in [6, 6.07) is 10.7. The summed E-state index contributed by atoms with van der Waals surface area (Å²) in [5.41, 5.74) is 1.42. The third-order valence-electron chi connectivity index (χ3n) is 6.49. The smallest absolute Gasteiger partial charge is 0.303 e. The highest BCUT2D eigenvalue weighted by molar-refractivity contribution is 5.66. The zero-order valence-electron chi connectivity index (χ0n) is 17.6. The van der Waals surface area contributed by atoms with Gasteiger partial charge in [-0.05, 0) is 74.2 Å². The molecule has 1 aliphatic rings. The lowest BCUT2D eigenvalue weighted by Gasteiger charge is -2.24. The van der Waals surface area contributed by atoms with Crippen LogP contribution in [0.15, 0.2) is 42.5 Å². The number of benzene rings is 1. The van der Waals surface area contributed by atoms with Gasteiger partial charge in [-0.1, -0.05) is 62.8 Å². The zero-order chi connectivity index (χ0) is 20.4. The number of unbranched alkanes of at least 4 members (excludes halogenated alkanes) is 1. The summed E-state index contributed by atoms with van der Waals surface area (Å²) in [5.74, 6) is 1.51. The Labute approximate surface area is 170 Å². The molecule has 5 atom stereocenters. The van der Waals surface area contributed by atoms with E-state index in [0.717, 1.165) is 25.7 Å². The van der Waals surface area contributed by atoms with E-state index >= 15 is 0 Å². The number of hydrogen-bond acceptors (Lipinski definition) is 2. The average Bonchev–Trinajstić information content (AvgIpc) is 2.94. The normalized spacial score (nSPS) is 26.0. The van der Waals surface area contributed by atoms with E-state index in [1.54, 1.807) is 0 Å². The molecule has 0 bridgehead atoms. The summed E-state index contributed by atoms with van der Waals surface area (Å²) < 4.78 is 0. The lowest BCUT2D eigenvalue weighted by Crippen LogP contribution is -2.20. The number of hydrogen-bond donors (Lipinski definition) is 2. The van der Waals surface area contributed by atoms with Crippen LogP contribution in [0.3, 0.4) is 0 Å². The summed E-state index contributed by atoms with van der Waals surface area (Å²) in [5, 5.41) is 19.2. The molecule has 156 valence electrons. The Morgan fingerprint density at radius 3 is 2.64 bits per heavy atom. The molecular weight excluding hydrogens is 348 g/mol. The van der Waals surface area contributed by atoms with Gasteiger partial charge in [0.05, 0.1) is 6.10 Å². The Morgan fingerprint density at radius 1 is 1.18 bits per heavy atom. The predicted molar refractivity (Wildman–Crippen MR) is 115 cm³/mol. The van der Waals surface area contributed by atoms with Crippen molar-refractivity contribution in [3.63, 3.8) is 0 Å². The van der Waals surface area contributed by atoms with Crippen LogP contribution < -0.4 is 0 Å². The average molecular weight is 387 g/mol. The number of aliphatic hydroxyl groups is 1. The maximum atomic E-state index is 10.6. The molecule has 1 saturated carbocycles. The fourth-order valence-electron chi connectivity index (χ4n) is 4.69. The highest BCUT2D eigenvalue weighted by Crippen LogP contribution is 2.42. The Hall–Kier alpha value is -1.61. The van der Waals surface area contributed by atoms with Crippen molar-refractivity contribution in [1.29, 1.82) is 0 Å². The van der Waals surface area contributed by atoms with Gasteiger partial charge in [-0.15, -0.1) is 0 Å². The molecule has 1 fully saturated rings. The number of allylic oxidation sites excluding steroid dienone is 2. The summed E-state index contributed by atoms with van der Waals surface area (Å²) in [7, 11) is 0. The second-order valence-corrected chi connectivity index (χ2v) is 8.81. The summed E-state index contributed by atoms with van der Waals surface area (Å²) in [4.78, 5) is 10.6. The first-order chi connectivity index (χ1) is 13.5. The Morgan fingerprint density at radius 2 is 1.93 bits per heavy atom. The van der Waals surface area contributed by atoms with Crippen LogP contribution in [0.2, 0.25) is 0 Å². The van der Waals surface area contributed by atoms with Gasteiger partial charge in [-0.2, -0.15) is 0 Å². The predicted octanol–water partition coefficient (Wildman–Crippen LogP) is 5.87. The first-order valence-electron chi connectivity index (χ1n) is 11.1. The maximum absolute atomic E-state index is 10.6. The molecule has 4 unspecified atom stereocenters. The number of carboxylic acids is 1. The summed E-state index contributed by atoms with van der Waals surface area (Å²) >= 11 is 0. The molecule has 28 heavy (non-hydrogen) atoms. The molecule has 0 saturated heterocycles. The number of aliphatic hydroxyl groups excluding tert-OH is 1. The lowest BCUT2D eigenvalue weighted by molar-refractivity contribution is -0.137. The Bertz CT molecular complexity index is 595. The van der Waals surface area contributed by atoms with Crippen molar-refractivity contribution in [2.24, 2.45) is 23.7 Å². The standard InChI is InChI=1S/C25H38O3/c1-19(14-16-21-10-6-5-7-11-21)15-17-22-20(2)18-24(26)23(22)12-8-3-4-9-13-25(27)28/h3,5-8,10-11,19-20,22-24,26H,4,9,12-18H2,1-2H3,(H,27,28)/b8-3-/t19?,20?,22-,23?,24?/m0/s1. The van der Waals surface area contributed by atoms with E-state index in [0.29, 0.717) is 30.1 Å². The van der Waals surface area contributed by atoms with Gasteiger partial charge >= 0.3 is 5.97 Å². The van der Waals surface area contributed by atoms with Gasteiger partial charge in [0.1, 0.15) is 0 Å². The van der Waals surface area contributed by atoms with Gasteiger partial charge < -0.3 is 10.2 Å². The van der Waals surface area contributed by atoms with Gasteiger partial charge in [-0.25, -0.2) is 0 Å². The van der Waals surface area contributed by atoms with E-state index in [-0.39, 0.29) is 12.5 Å². The molecule has 0 radical (unpaired) electrons. The van der Waals surface area contributed by atoms with Gasteiger partial charge in [0, 0.05) is 6.42 Å². The topological polar surface area (TPSA) is 57.5 Å². The molecule has 0 amide bonds. The quantitative estimate of drug-likeness (QED) is 0.349. The summed E-state index contributed by atoms with van der Waals surface area (Å²) in [6.07, 6.45) is 12.4. The minimum atomic E-state index is -0.727. The molecular formula is C25H38O3. The van der Waals surface area contributed by atoms with Crippen LogP contribution in [0.5, 0.6) is 0 Å². The van der Waals surface area contributed by atoms with Crippen molar-refractivity contribution in [3.8, 4) is 0 Å². The number of carboxylic acid groups (broad SMARTS) is 1. The molecule has 0 aromatic heterocycles. The second kappa shape index (κ2) is 12.1. The fraction of sp³-hybridized carbons (Fsp3) is 0.640. The number of aliphatic carboxylic acids is 1. The first kappa shape index (κ1) is 22.7. The second-order valence-electron chi connectivity index (χ2n) is 8.81. The Kier molecular flexibility index (Phi) is 9.77. The fourth-order valence-corrected chi connectivity index (χ4v) is 4.69. The van der Waals surface area contributed by atoms with Crippen LogP contribution in [0, 0.1) is 23.7 Å². The van der Waals surface area contributed by atoms with Crippen LogP contribution in [-0.4, -0.2) is 22.3 Å². The molecule has 1 aromatic rings. The third-order valence-corrected chi connectivity index (χ3v) is 6.49. The van der Waals surface area contributed by atoms with Crippen molar-refractivity contribution in [2.75, 3.05) is 0 Å². The molecule has 0 heterocycles. The first-order valence-corrected chi connectivity index (χ1v) is 11.1. The van der Waals surface area contributed by atoms with Crippen LogP contribution in [-0.2, 0) is 11.2 Å². The lowest BCUT2D eigenvalue weighted by atomic mass is 9.81. The summed E-state index contributed by atoms with van der Waals surface area (Å²) in [6.45, 7) is 4.65. The van der Waals surface area contributed by atoms with E-state index in [2.05, 4.69) is 56.3 Å². The van der Waals surface area contributed by atoms with Crippen molar-refractivity contribution < 1.29 is 15.0 Å². The van der Waals surface area contributed by atoms with Gasteiger partial charge in [0.2, 0.25) is 0 Å². The monoisotopic (exact) mass is 386 g/mol. The highest BCUT2D eigenvalue weighted by Gasteiger charge is 2.38. The molecule has 2 N–H and O–H groups in total. The van der Waals surface area contributed by atoms with E-state index in [1.807, 2.05) is 0 Å². The number of carbonyl (C=O) groups is 1. The molecule has 3 nitrogen and oxygen atoms in total. The van der Waals surface area contributed by atoms with Crippen LogP contribution in [0.25, 0.3) is 0 Å². The van der Waals surface area contributed by atoms with Gasteiger partial charge in [0.25, 0.3) is 0 Å². The van der Waals surface area contributed by atoms with Crippen molar-refractivity contribution in [3.05, 3.63) is 48.0 Å². The van der Waals surface area contributed by atoms with Crippen LogP contribution >= 0.6 is 0 Å². The molecule has 2 rings (SSSR count). The molecule has 3 heteroatoms. The highest BCUT2D eigenvalue weighted by atomic mass is 16.4. The molecule has 1 aliphatic carbocycles. The van der Waals surface area contributed by atoms with E-state index in [4.69, 9.17) is 5.11 Å². The van der Waals surface area contributed by atoms with Gasteiger partial charge in [0.15, 0.2) is 0 Å². The molecule has 1 aromatic carbocycles. The van der Waals surface area contributed by atoms with Crippen molar-refractivity contribution in [1.82, 2.24) is 0 Å². The number of rotatable bonds is 12. The number of aryl methyl sites for hydroxylation is 1. The minimum absolute atomic E-state index is 0.191. The van der Waals surface area contributed by atoms with Crippen LogP contribution in [0.4, 0.5) is 0 Å². The van der Waals surface area contributed by atoms with E-state index < -0.39 is 5.97 Å². The van der Waals surface area contributed by atoms with E-state index in [1.165, 1.54) is 24.8 Å². The minimum Gasteiger partial charge on any atom is -0.481 e. The largest absolute Gasteiger partial charge is 0.481 e. The SMILES string of the molecule is CC(CCc1ccccc1)CC[C@H]1C(C)CC(O)C1C/C=C\CCCC(=O)O. The zero-order valence-corrected chi connectivity index (χ0v) is 17.6. The van der Waals surface area contributed by atoms with Crippen LogP contribution in [0.1, 0.15) is 70.8 Å². The van der Waals surface area contributed by atoms with Gasteiger partial charge in [-0.3, -0.25) is 4.79 Å².